The van der Waals surface area contributed by atoms with Crippen LogP contribution in [0, 0.1) is 15.9 Å². The molecule has 0 aliphatic carbocycles. The second-order valence-corrected chi connectivity index (χ2v) is 4.31. The first kappa shape index (κ1) is 14.0. The summed E-state index contributed by atoms with van der Waals surface area (Å²) in [4.78, 5) is 10.3. The molecule has 2 rings (SSSR count). The summed E-state index contributed by atoms with van der Waals surface area (Å²) >= 11 is 0. The molecule has 2 aromatic carbocycles. The zero-order valence-electron chi connectivity index (χ0n) is 10.7. The molecule has 0 radical (unpaired) electrons. The minimum Gasteiger partial charge on any atom is -0.447 e. The summed E-state index contributed by atoms with van der Waals surface area (Å²) in [6.45, 7) is 1.73. The van der Waals surface area contributed by atoms with Gasteiger partial charge in [0.1, 0.15) is 0 Å². The highest BCUT2D eigenvalue weighted by atomic mass is 19.1. The Morgan fingerprint density at radius 3 is 2.55 bits per heavy atom. The third-order valence-corrected chi connectivity index (χ3v) is 2.76. The van der Waals surface area contributed by atoms with Crippen LogP contribution in [0.3, 0.4) is 0 Å². The molecule has 2 aromatic rings. The van der Waals surface area contributed by atoms with E-state index in [9.17, 15) is 14.5 Å². The van der Waals surface area contributed by atoms with Crippen LogP contribution >= 0.6 is 0 Å². The lowest BCUT2D eigenvalue weighted by molar-refractivity contribution is -0.385. The van der Waals surface area contributed by atoms with Gasteiger partial charge < -0.3 is 10.5 Å². The molecule has 104 valence electrons. The molecule has 20 heavy (non-hydrogen) atoms. The zero-order valence-corrected chi connectivity index (χ0v) is 10.7. The van der Waals surface area contributed by atoms with Gasteiger partial charge in [0, 0.05) is 12.1 Å². The number of nitro groups is 1. The smallest absolute Gasteiger partial charge is 0.311 e. The van der Waals surface area contributed by atoms with Crippen molar-refractivity contribution in [2.75, 3.05) is 0 Å². The van der Waals surface area contributed by atoms with Crippen LogP contribution in [0.25, 0.3) is 0 Å². The molecule has 1 atom stereocenters. The van der Waals surface area contributed by atoms with E-state index >= 15 is 0 Å². The molecular formula is C14H13FN2O3. The Balaban J connectivity index is 2.33. The van der Waals surface area contributed by atoms with Crippen molar-refractivity contribution in [3.8, 4) is 11.5 Å². The summed E-state index contributed by atoms with van der Waals surface area (Å²) in [5.74, 6) is -0.702. The number of nitrogens with two attached hydrogens (primary N) is 1. The molecule has 2 N–H and O–H groups in total. The molecule has 5 nitrogen and oxygen atoms in total. The van der Waals surface area contributed by atoms with Gasteiger partial charge in [-0.3, -0.25) is 10.1 Å². The first-order valence-corrected chi connectivity index (χ1v) is 5.95. The van der Waals surface area contributed by atoms with E-state index in [1.165, 1.54) is 30.3 Å². The summed E-state index contributed by atoms with van der Waals surface area (Å²) in [5, 5.41) is 10.9. The fourth-order valence-electron chi connectivity index (χ4n) is 1.70. The molecule has 1 unspecified atom stereocenters. The Bertz CT molecular complexity index is 644. The van der Waals surface area contributed by atoms with Gasteiger partial charge in [0.25, 0.3) is 0 Å². The van der Waals surface area contributed by atoms with Gasteiger partial charge in [-0.05, 0) is 30.7 Å². The fraction of sp³-hybridized carbons (Fsp3) is 0.143. The Labute approximate surface area is 114 Å². The van der Waals surface area contributed by atoms with Crippen molar-refractivity contribution < 1.29 is 14.1 Å². The fourth-order valence-corrected chi connectivity index (χ4v) is 1.70. The van der Waals surface area contributed by atoms with E-state index in [4.69, 9.17) is 10.5 Å². The van der Waals surface area contributed by atoms with E-state index in [0.717, 1.165) is 0 Å². The van der Waals surface area contributed by atoms with Crippen molar-refractivity contribution in [3.63, 3.8) is 0 Å². The maximum Gasteiger partial charge on any atom is 0.311 e. The van der Waals surface area contributed by atoms with Crippen molar-refractivity contribution in [2.24, 2.45) is 5.73 Å². The molecule has 0 saturated carbocycles. The van der Waals surface area contributed by atoms with Crippen LogP contribution in [0.15, 0.2) is 42.5 Å². The highest BCUT2D eigenvalue weighted by Gasteiger charge is 2.16. The molecule has 0 saturated heterocycles. The van der Waals surface area contributed by atoms with Crippen LogP contribution < -0.4 is 10.5 Å². The number of hydrogen-bond donors (Lipinski definition) is 1. The van der Waals surface area contributed by atoms with E-state index in [1.54, 1.807) is 19.1 Å². The van der Waals surface area contributed by atoms with E-state index < -0.39 is 10.7 Å². The van der Waals surface area contributed by atoms with Gasteiger partial charge in [-0.25, -0.2) is 4.39 Å². The summed E-state index contributed by atoms with van der Waals surface area (Å²) in [7, 11) is 0. The van der Waals surface area contributed by atoms with Crippen molar-refractivity contribution in [2.45, 2.75) is 13.0 Å². The summed E-state index contributed by atoms with van der Waals surface area (Å²) < 4.78 is 19.2. The molecule has 0 heterocycles. The molecule has 0 fully saturated rings. The number of nitro benzene ring substituents is 1. The first-order chi connectivity index (χ1) is 9.49. The first-order valence-electron chi connectivity index (χ1n) is 5.95. The largest absolute Gasteiger partial charge is 0.447 e. The Morgan fingerprint density at radius 2 is 1.95 bits per heavy atom. The van der Waals surface area contributed by atoms with Crippen LogP contribution in [0.1, 0.15) is 18.5 Å². The number of ether oxygens (including phenoxy) is 1. The van der Waals surface area contributed by atoms with Crippen LogP contribution in [0.4, 0.5) is 10.1 Å². The standard InChI is InChI=1S/C14H13FN2O3/c1-9(16)10-6-7-13(11(15)8-10)20-14-5-3-2-4-12(14)17(18)19/h2-9H,16H2,1H3. The Morgan fingerprint density at radius 1 is 1.25 bits per heavy atom. The minimum atomic E-state index is -0.613. The maximum atomic E-state index is 13.9. The topological polar surface area (TPSA) is 78.4 Å². The zero-order chi connectivity index (χ0) is 14.7. The van der Waals surface area contributed by atoms with Crippen molar-refractivity contribution in [1.82, 2.24) is 0 Å². The normalized spacial score (nSPS) is 11.9. The van der Waals surface area contributed by atoms with E-state index in [1.807, 2.05) is 0 Å². The summed E-state index contributed by atoms with van der Waals surface area (Å²) in [6.07, 6.45) is 0. The average molecular weight is 276 g/mol. The highest BCUT2D eigenvalue weighted by Crippen LogP contribution is 2.32. The van der Waals surface area contributed by atoms with Crippen LogP contribution in [0.2, 0.25) is 0 Å². The maximum absolute atomic E-state index is 13.9. The third kappa shape index (κ3) is 2.92. The molecule has 6 heteroatoms. The average Bonchev–Trinajstić information content (AvgIpc) is 2.41. The van der Waals surface area contributed by atoms with Crippen molar-refractivity contribution in [3.05, 3.63) is 64.0 Å². The summed E-state index contributed by atoms with van der Waals surface area (Å²) in [6, 6.07) is 9.79. The lowest BCUT2D eigenvalue weighted by Crippen LogP contribution is -2.05. The second-order valence-electron chi connectivity index (χ2n) is 4.31. The molecule has 0 aliphatic rings. The quantitative estimate of drug-likeness (QED) is 0.684. The number of benzene rings is 2. The van der Waals surface area contributed by atoms with Gasteiger partial charge >= 0.3 is 5.69 Å². The Kier molecular flexibility index (Phi) is 3.95. The van der Waals surface area contributed by atoms with Crippen LogP contribution in [0.5, 0.6) is 11.5 Å². The summed E-state index contributed by atoms with van der Waals surface area (Å²) in [5.41, 5.74) is 6.06. The molecule has 0 bridgehead atoms. The minimum absolute atomic E-state index is 0.00931. The molecule has 0 spiro atoms. The van der Waals surface area contributed by atoms with E-state index in [2.05, 4.69) is 0 Å². The van der Waals surface area contributed by atoms with Crippen LogP contribution in [-0.4, -0.2) is 4.92 Å². The Hall–Kier alpha value is -2.47. The molecule has 0 aromatic heterocycles. The highest BCUT2D eigenvalue weighted by molar-refractivity contribution is 5.48. The van der Waals surface area contributed by atoms with Gasteiger partial charge in [-0.15, -0.1) is 0 Å². The molecule has 0 aliphatic heterocycles. The molecule has 0 amide bonds. The van der Waals surface area contributed by atoms with Gasteiger partial charge in [0.2, 0.25) is 5.75 Å². The number of para-hydroxylation sites is 2. The number of hydrogen-bond acceptors (Lipinski definition) is 4. The monoisotopic (exact) mass is 276 g/mol. The van der Waals surface area contributed by atoms with Crippen molar-refractivity contribution >= 4 is 5.69 Å². The van der Waals surface area contributed by atoms with E-state index in [0.29, 0.717) is 5.56 Å². The lowest BCUT2D eigenvalue weighted by atomic mass is 10.1. The SMILES string of the molecule is CC(N)c1ccc(Oc2ccccc2[N+](=O)[O-])c(F)c1. The van der Waals surface area contributed by atoms with E-state index in [-0.39, 0.29) is 23.2 Å². The molecular weight excluding hydrogens is 263 g/mol. The van der Waals surface area contributed by atoms with Gasteiger partial charge in [0.15, 0.2) is 11.6 Å². The predicted octanol–water partition coefficient (Wildman–Crippen LogP) is 3.55. The van der Waals surface area contributed by atoms with Gasteiger partial charge in [-0.2, -0.15) is 0 Å². The lowest BCUT2D eigenvalue weighted by Gasteiger charge is -2.10. The second kappa shape index (κ2) is 5.66. The number of rotatable bonds is 4. The van der Waals surface area contributed by atoms with Crippen LogP contribution in [-0.2, 0) is 0 Å². The number of halogens is 1. The predicted molar refractivity (Wildman–Crippen MR) is 72.2 cm³/mol. The van der Waals surface area contributed by atoms with Crippen molar-refractivity contribution in [1.29, 1.82) is 0 Å². The van der Waals surface area contributed by atoms with Gasteiger partial charge in [0.05, 0.1) is 4.92 Å². The third-order valence-electron chi connectivity index (χ3n) is 2.76. The van der Waals surface area contributed by atoms with Gasteiger partial charge in [-0.1, -0.05) is 18.2 Å². The number of nitrogens with zero attached hydrogens (tertiary/aromatic N) is 1.